The fourth-order valence-electron chi connectivity index (χ4n) is 1.47. The highest BCUT2D eigenvalue weighted by molar-refractivity contribution is 7.89. The highest BCUT2D eigenvalue weighted by atomic mass is 32.2. The molecule has 1 amide bonds. The van der Waals surface area contributed by atoms with Gasteiger partial charge in [0.2, 0.25) is 15.8 Å². The van der Waals surface area contributed by atoms with Crippen LogP contribution in [0.15, 0.2) is 0 Å². The number of aromatic amines is 1. The number of aromatic nitrogens is 3. The molecule has 1 heterocycles. The third kappa shape index (κ3) is 3.77. The summed E-state index contributed by atoms with van der Waals surface area (Å²) in [4.78, 5) is 15.7. The third-order valence-electron chi connectivity index (χ3n) is 2.56. The zero-order chi connectivity index (χ0) is 13.2. The minimum absolute atomic E-state index is 0.0903. The predicted octanol–water partition coefficient (Wildman–Crippen LogP) is -0.909. The molecule has 0 saturated heterocycles. The molecule has 0 aromatic carbocycles. The average Bonchev–Trinajstić information content (AvgIpc) is 3.01. The smallest absolute Gasteiger partial charge is 0.290 e. The summed E-state index contributed by atoms with van der Waals surface area (Å²) in [6.45, 7) is 0.225. The van der Waals surface area contributed by atoms with Gasteiger partial charge in [-0.25, -0.2) is 18.5 Å². The Bertz CT molecular complexity index is 534. The van der Waals surface area contributed by atoms with Crippen molar-refractivity contribution in [3.63, 3.8) is 0 Å². The number of rotatable bonds is 6. The summed E-state index contributed by atoms with van der Waals surface area (Å²) in [6.07, 6.45) is 2.42. The van der Waals surface area contributed by atoms with Crippen molar-refractivity contribution in [2.45, 2.75) is 25.2 Å². The summed E-state index contributed by atoms with van der Waals surface area (Å²) in [5, 5.41) is 13.9. The second kappa shape index (κ2) is 5.02. The molecule has 8 nitrogen and oxygen atoms in total. The highest BCUT2D eigenvalue weighted by Gasteiger charge is 2.28. The number of H-pyrrole nitrogens is 1. The molecule has 18 heavy (non-hydrogen) atoms. The quantitative estimate of drug-likeness (QED) is 0.577. The fourth-order valence-corrected chi connectivity index (χ4v) is 2.02. The molecular weight excluding hydrogens is 258 g/mol. The number of hydrogen-bond acceptors (Lipinski definition) is 5. The molecule has 1 aliphatic carbocycles. The highest BCUT2D eigenvalue weighted by Crippen LogP contribution is 2.37. The van der Waals surface area contributed by atoms with E-state index in [2.05, 4.69) is 20.5 Å². The number of carbonyl (C=O) groups is 1. The fraction of sp³-hybridized carbons (Fsp3) is 0.667. The lowest BCUT2D eigenvalue weighted by atomic mass is 10.4. The monoisotopic (exact) mass is 273 g/mol. The molecule has 0 unspecified atom stereocenters. The molecular formula is C9H15N5O3S. The number of amides is 1. The Morgan fingerprint density at radius 2 is 2.22 bits per heavy atom. The van der Waals surface area contributed by atoms with Crippen molar-refractivity contribution in [3.8, 4) is 0 Å². The van der Waals surface area contributed by atoms with E-state index in [0.717, 1.165) is 18.7 Å². The van der Waals surface area contributed by atoms with Gasteiger partial charge in [0.05, 0.1) is 5.75 Å². The van der Waals surface area contributed by atoms with E-state index < -0.39 is 15.9 Å². The number of nitrogens with zero attached hydrogens (tertiary/aromatic N) is 2. The van der Waals surface area contributed by atoms with Crippen LogP contribution in [0.3, 0.4) is 0 Å². The largest absolute Gasteiger partial charge is 0.349 e. The van der Waals surface area contributed by atoms with Gasteiger partial charge in [-0.1, -0.05) is 0 Å². The van der Waals surface area contributed by atoms with Crippen LogP contribution in [0.25, 0.3) is 0 Å². The molecule has 1 aliphatic rings. The zero-order valence-corrected chi connectivity index (χ0v) is 10.5. The maximum atomic E-state index is 11.6. The van der Waals surface area contributed by atoms with Crippen LogP contribution in [0.4, 0.5) is 0 Å². The van der Waals surface area contributed by atoms with Gasteiger partial charge in [0.1, 0.15) is 5.82 Å². The Morgan fingerprint density at radius 3 is 2.83 bits per heavy atom. The van der Waals surface area contributed by atoms with E-state index in [0.29, 0.717) is 5.92 Å². The van der Waals surface area contributed by atoms with Crippen LogP contribution in [-0.4, -0.2) is 41.8 Å². The molecule has 0 radical (unpaired) electrons. The first-order chi connectivity index (χ1) is 8.46. The normalized spacial score (nSPS) is 15.6. The third-order valence-corrected chi connectivity index (χ3v) is 3.42. The Labute approximate surface area is 104 Å². The molecule has 9 heteroatoms. The van der Waals surface area contributed by atoms with E-state index in [1.54, 1.807) is 0 Å². The lowest BCUT2D eigenvalue weighted by Gasteiger charge is -2.01. The minimum atomic E-state index is -3.47. The minimum Gasteiger partial charge on any atom is -0.349 e. The number of carbonyl (C=O) groups excluding carboxylic acids is 1. The van der Waals surface area contributed by atoms with Crippen molar-refractivity contribution < 1.29 is 13.2 Å². The lowest BCUT2D eigenvalue weighted by molar-refractivity contribution is 0.0943. The van der Waals surface area contributed by atoms with Gasteiger partial charge in [0, 0.05) is 12.5 Å². The summed E-state index contributed by atoms with van der Waals surface area (Å²) in [5.41, 5.74) is 0. The van der Waals surface area contributed by atoms with Crippen LogP contribution < -0.4 is 10.5 Å². The first-order valence-electron chi connectivity index (χ1n) is 5.66. The van der Waals surface area contributed by atoms with Crippen LogP contribution in [0.2, 0.25) is 0 Å². The Kier molecular flexibility index (Phi) is 3.62. The number of nitrogens with two attached hydrogens (primary N) is 1. The van der Waals surface area contributed by atoms with Crippen molar-refractivity contribution >= 4 is 15.9 Å². The van der Waals surface area contributed by atoms with Crippen LogP contribution in [0, 0.1) is 0 Å². The lowest BCUT2D eigenvalue weighted by Crippen LogP contribution is -2.28. The second-order valence-corrected chi connectivity index (χ2v) is 6.03. The molecule has 1 aromatic rings. The van der Waals surface area contributed by atoms with Crippen molar-refractivity contribution in [2.75, 3.05) is 12.3 Å². The number of sulfonamides is 1. The van der Waals surface area contributed by atoms with Gasteiger partial charge in [0.15, 0.2) is 0 Å². The number of hydrogen-bond donors (Lipinski definition) is 3. The Balaban J connectivity index is 1.76. The summed E-state index contributed by atoms with van der Waals surface area (Å²) in [5.74, 6) is 0.667. The predicted molar refractivity (Wildman–Crippen MR) is 63.3 cm³/mol. The van der Waals surface area contributed by atoms with Gasteiger partial charge in [-0.15, -0.1) is 5.10 Å². The number of nitrogens with one attached hydrogen (secondary N) is 2. The molecule has 1 aromatic heterocycles. The van der Waals surface area contributed by atoms with E-state index in [1.807, 2.05) is 0 Å². The molecule has 0 atom stereocenters. The van der Waals surface area contributed by atoms with Crippen LogP contribution >= 0.6 is 0 Å². The van der Waals surface area contributed by atoms with Crippen molar-refractivity contribution in [2.24, 2.45) is 5.14 Å². The number of primary sulfonamides is 1. The van der Waals surface area contributed by atoms with Gasteiger partial charge in [-0.3, -0.25) is 9.89 Å². The maximum Gasteiger partial charge on any atom is 0.290 e. The summed E-state index contributed by atoms with van der Waals surface area (Å²) in [7, 11) is -3.47. The van der Waals surface area contributed by atoms with Gasteiger partial charge in [0.25, 0.3) is 5.91 Å². The Morgan fingerprint density at radius 1 is 1.50 bits per heavy atom. The van der Waals surface area contributed by atoms with E-state index >= 15 is 0 Å². The molecule has 100 valence electrons. The zero-order valence-electron chi connectivity index (χ0n) is 9.72. The van der Waals surface area contributed by atoms with Gasteiger partial charge in [-0.05, 0) is 19.3 Å². The molecule has 0 aliphatic heterocycles. The molecule has 1 fully saturated rings. The summed E-state index contributed by atoms with van der Waals surface area (Å²) in [6, 6.07) is 0. The van der Waals surface area contributed by atoms with Gasteiger partial charge in [-0.2, -0.15) is 0 Å². The summed E-state index contributed by atoms with van der Waals surface area (Å²) >= 11 is 0. The molecule has 0 bridgehead atoms. The second-order valence-electron chi connectivity index (χ2n) is 4.29. The first-order valence-corrected chi connectivity index (χ1v) is 7.38. The average molecular weight is 273 g/mol. The molecule has 2 rings (SSSR count). The van der Waals surface area contributed by atoms with Crippen molar-refractivity contribution in [3.05, 3.63) is 11.6 Å². The van der Waals surface area contributed by atoms with Gasteiger partial charge < -0.3 is 5.32 Å². The van der Waals surface area contributed by atoms with E-state index in [1.165, 1.54) is 0 Å². The van der Waals surface area contributed by atoms with Crippen molar-refractivity contribution in [1.82, 2.24) is 20.5 Å². The standard InChI is InChI=1S/C9H15N5O3S/c10-18(16,17)5-1-4-11-9(15)8-12-7(13-14-8)6-2-3-6/h6H,1-5H2,(H,11,15)(H2,10,16,17)(H,12,13,14). The first kappa shape index (κ1) is 13.0. The summed E-state index contributed by atoms with van der Waals surface area (Å²) < 4.78 is 21.3. The van der Waals surface area contributed by atoms with E-state index in [4.69, 9.17) is 5.14 Å². The van der Waals surface area contributed by atoms with Crippen LogP contribution in [0.5, 0.6) is 0 Å². The van der Waals surface area contributed by atoms with E-state index in [-0.39, 0.29) is 24.5 Å². The SMILES string of the molecule is NS(=O)(=O)CCCNC(=O)c1n[nH]c(C2CC2)n1. The maximum absolute atomic E-state index is 11.6. The molecule has 4 N–H and O–H groups in total. The van der Waals surface area contributed by atoms with Crippen LogP contribution in [0.1, 0.15) is 41.6 Å². The van der Waals surface area contributed by atoms with Gasteiger partial charge >= 0.3 is 0 Å². The molecule has 1 saturated carbocycles. The van der Waals surface area contributed by atoms with Crippen LogP contribution in [-0.2, 0) is 10.0 Å². The Hall–Kier alpha value is -1.48. The van der Waals surface area contributed by atoms with Crippen molar-refractivity contribution in [1.29, 1.82) is 0 Å². The molecule has 0 spiro atoms. The topological polar surface area (TPSA) is 131 Å². The van der Waals surface area contributed by atoms with E-state index in [9.17, 15) is 13.2 Å².